The van der Waals surface area contributed by atoms with Gasteiger partial charge in [0.15, 0.2) is 5.78 Å². The molecule has 4 saturated carbocycles. The molecule has 4 aliphatic carbocycles. The third-order valence-corrected chi connectivity index (χ3v) is 8.90. The van der Waals surface area contributed by atoms with Crippen LogP contribution in [0.4, 0.5) is 0 Å². The minimum atomic E-state index is -1.27. The molecule has 0 heterocycles. The maximum absolute atomic E-state index is 13.3. The number of hydrogen-bond acceptors (Lipinski definition) is 6. The summed E-state index contributed by atoms with van der Waals surface area (Å²) in [4.78, 5) is 24.7. The molecule has 4 fully saturated rings. The summed E-state index contributed by atoms with van der Waals surface area (Å²) in [5.41, 5.74) is -1.68. The second-order valence-corrected chi connectivity index (χ2v) is 10.2. The summed E-state index contributed by atoms with van der Waals surface area (Å²) in [5, 5.41) is 33.2. The summed E-state index contributed by atoms with van der Waals surface area (Å²) < 4.78 is 5.39. The number of esters is 1. The Morgan fingerprint density at radius 3 is 2.50 bits per heavy atom. The maximum atomic E-state index is 13.3. The molecule has 7 unspecified atom stereocenters. The molecule has 9 atom stereocenters. The van der Waals surface area contributed by atoms with Gasteiger partial charge >= 0.3 is 5.97 Å². The van der Waals surface area contributed by atoms with Crippen LogP contribution in [0.25, 0.3) is 0 Å². The predicted molar refractivity (Wildman–Crippen MR) is 101 cm³/mol. The Morgan fingerprint density at radius 1 is 1.18 bits per heavy atom. The fourth-order valence-corrected chi connectivity index (χ4v) is 7.68. The third-order valence-electron chi connectivity index (χ3n) is 8.90. The van der Waals surface area contributed by atoms with Crippen molar-refractivity contribution in [2.45, 2.75) is 71.2 Å². The van der Waals surface area contributed by atoms with Gasteiger partial charge in [-0.3, -0.25) is 9.59 Å². The monoisotopic (exact) mass is 392 g/mol. The van der Waals surface area contributed by atoms with Crippen molar-refractivity contribution in [2.75, 3.05) is 6.61 Å². The summed E-state index contributed by atoms with van der Waals surface area (Å²) in [6, 6.07) is 0. The molecule has 0 aliphatic heterocycles. The van der Waals surface area contributed by atoms with Gasteiger partial charge in [-0.1, -0.05) is 26.8 Å². The fraction of sp³-hybridized carbons (Fsp3) is 0.818. The lowest BCUT2D eigenvalue weighted by Gasteiger charge is -2.65. The number of aliphatic hydroxyl groups is 3. The van der Waals surface area contributed by atoms with Crippen molar-refractivity contribution >= 4 is 11.8 Å². The molecular formula is C22H32O6. The molecular weight excluding hydrogens is 360 g/mol. The molecule has 4 rings (SSSR count). The number of carbonyl (C=O) groups excluding carboxylic acids is 2. The first-order chi connectivity index (χ1) is 13.0. The van der Waals surface area contributed by atoms with Gasteiger partial charge in [-0.15, -0.1) is 0 Å². The highest BCUT2D eigenvalue weighted by Gasteiger charge is 2.75. The molecule has 0 saturated heterocycles. The van der Waals surface area contributed by atoms with E-state index in [1.54, 1.807) is 0 Å². The van der Waals surface area contributed by atoms with Gasteiger partial charge in [0.1, 0.15) is 0 Å². The Balaban J connectivity index is 1.80. The van der Waals surface area contributed by atoms with E-state index in [2.05, 4.69) is 20.4 Å². The van der Waals surface area contributed by atoms with Gasteiger partial charge in [0.2, 0.25) is 0 Å². The van der Waals surface area contributed by atoms with Crippen molar-refractivity contribution in [3.8, 4) is 0 Å². The fourth-order valence-electron chi connectivity index (χ4n) is 7.68. The zero-order valence-corrected chi connectivity index (χ0v) is 17.0. The van der Waals surface area contributed by atoms with Crippen LogP contribution in [0.5, 0.6) is 0 Å². The highest BCUT2D eigenvalue weighted by molar-refractivity contribution is 6.04. The molecule has 2 bridgehead atoms. The van der Waals surface area contributed by atoms with Crippen LogP contribution < -0.4 is 0 Å². The molecule has 4 aliphatic rings. The van der Waals surface area contributed by atoms with Crippen LogP contribution in [-0.2, 0) is 14.3 Å². The molecule has 6 nitrogen and oxygen atoms in total. The van der Waals surface area contributed by atoms with E-state index in [0.29, 0.717) is 12.8 Å². The van der Waals surface area contributed by atoms with E-state index in [1.807, 2.05) is 0 Å². The predicted octanol–water partition coefficient (Wildman–Crippen LogP) is 1.61. The smallest absolute Gasteiger partial charge is 0.302 e. The number of carbonyl (C=O) groups is 2. The van der Waals surface area contributed by atoms with Crippen molar-refractivity contribution in [2.24, 2.45) is 34.0 Å². The molecule has 6 heteroatoms. The van der Waals surface area contributed by atoms with Gasteiger partial charge in [0, 0.05) is 18.3 Å². The van der Waals surface area contributed by atoms with Crippen LogP contribution in [-0.4, -0.2) is 52.0 Å². The zero-order valence-electron chi connectivity index (χ0n) is 17.0. The Kier molecular flexibility index (Phi) is 4.39. The van der Waals surface area contributed by atoms with Crippen molar-refractivity contribution < 1.29 is 29.6 Å². The number of fused-ring (bicyclic) bond motifs is 3. The van der Waals surface area contributed by atoms with Crippen LogP contribution >= 0.6 is 0 Å². The molecule has 0 amide bonds. The van der Waals surface area contributed by atoms with Gasteiger partial charge in [-0.05, 0) is 48.5 Å². The van der Waals surface area contributed by atoms with E-state index in [0.717, 1.165) is 19.3 Å². The summed E-state index contributed by atoms with van der Waals surface area (Å²) in [6.45, 7) is 9.77. The first-order valence-electron chi connectivity index (χ1n) is 10.4. The lowest BCUT2D eigenvalue weighted by Crippen LogP contribution is -2.68. The third kappa shape index (κ3) is 2.25. The van der Waals surface area contributed by atoms with Gasteiger partial charge in [0.05, 0.1) is 30.3 Å². The Labute approximate surface area is 166 Å². The van der Waals surface area contributed by atoms with E-state index in [9.17, 15) is 24.9 Å². The first-order valence-corrected chi connectivity index (χ1v) is 10.4. The number of ketones is 1. The Morgan fingerprint density at radius 2 is 1.86 bits per heavy atom. The second-order valence-electron chi connectivity index (χ2n) is 10.2. The van der Waals surface area contributed by atoms with Crippen LogP contribution in [0, 0.1) is 34.0 Å². The summed E-state index contributed by atoms with van der Waals surface area (Å²) >= 11 is 0. The second kappa shape index (κ2) is 6.13. The molecule has 28 heavy (non-hydrogen) atoms. The van der Waals surface area contributed by atoms with Crippen LogP contribution in [0.15, 0.2) is 12.2 Å². The SMILES string of the molecule is C=C1C(=O)C23C(O)C[C@@H]4C(C)(COC(C)=O)CCCC4(C)[C@@H]2CC(O)C1C3O. The molecule has 0 aromatic heterocycles. The number of ether oxygens (including phenoxy) is 1. The van der Waals surface area contributed by atoms with E-state index in [4.69, 9.17) is 4.74 Å². The van der Waals surface area contributed by atoms with E-state index in [-0.39, 0.29) is 46.6 Å². The Bertz CT molecular complexity index is 733. The van der Waals surface area contributed by atoms with Crippen molar-refractivity contribution in [1.82, 2.24) is 0 Å². The summed E-state index contributed by atoms with van der Waals surface area (Å²) in [5.74, 6) is -1.59. The minimum absolute atomic E-state index is 0.0244. The maximum Gasteiger partial charge on any atom is 0.302 e. The molecule has 0 radical (unpaired) electrons. The minimum Gasteiger partial charge on any atom is -0.465 e. The van der Waals surface area contributed by atoms with Crippen molar-refractivity contribution in [1.29, 1.82) is 0 Å². The summed E-state index contributed by atoms with van der Waals surface area (Å²) in [7, 11) is 0. The largest absolute Gasteiger partial charge is 0.465 e. The zero-order chi connectivity index (χ0) is 20.6. The number of Topliss-reactive ketones (excluding diaryl/α,β-unsaturated/α-hetero) is 1. The topological polar surface area (TPSA) is 104 Å². The van der Waals surface area contributed by atoms with E-state index >= 15 is 0 Å². The molecule has 3 N–H and O–H groups in total. The van der Waals surface area contributed by atoms with Crippen molar-refractivity contribution in [3.63, 3.8) is 0 Å². The lowest BCUT2D eigenvalue weighted by molar-refractivity contribution is -0.243. The Hall–Kier alpha value is -1.24. The lowest BCUT2D eigenvalue weighted by atomic mass is 9.39. The molecule has 1 spiro atoms. The number of aliphatic hydroxyl groups excluding tert-OH is 3. The van der Waals surface area contributed by atoms with Gasteiger partial charge in [0.25, 0.3) is 0 Å². The normalized spacial score (nSPS) is 52.8. The number of hydrogen-bond donors (Lipinski definition) is 3. The quantitative estimate of drug-likeness (QED) is 0.487. The standard InChI is InChI=1S/C22H32O6/c1-11-17-13(24)8-15-21(4)7-5-6-20(3,10-28-12(2)23)14(21)9-16(25)22(15,18(11)26)19(17)27/h13-17,19,24-25,27H,1,5-10H2,2-4H3/t13?,14-,15+,16?,17?,19?,20?,21?,22?/m1/s1. The van der Waals surface area contributed by atoms with Crippen LogP contribution in [0.3, 0.4) is 0 Å². The van der Waals surface area contributed by atoms with E-state index < -0.39 is 29.6 Å². The molecule has 156 valence electrons. The highest BCUT2D eigenvalue weighted by atomic mass is 16.5. The summed E-state index contributed by atoms with van der Waals surface area (Å²) in [6.07, 6.45) is 0.467. The first kappa shape index (κ1) is 20.0. The van der Waals surface area contributed by atoms with E-state index in [1.165, 1.54) is 6.92 Å². The molecule has 0 aromatic rings. The van der Waals surface area contributed by atoms with Gasteiger partial charge in [-0.25, -0.2) is 0 Å². The van der Waals surface area contributed by atoms with Crippen molar-refractivity contribution in [3.05, 3.63) is 12.2 Å². The highest BCUT2D eigenvalue weighted by Crippen LogP contribution is 2.71. The average Bonchev–Trinajstić information content (AvgIpc) is 2.74. The van der Waals surface area contributed by atoms with Gasteiger partial charge < -0.3 is 20.1 Å². The average molecular weight is 392 g/mol. The van der Waals surface area contributed by atoms with Gasteiger partial charge in [-0.2, -0.15) is 0 Å². The number of rotatable bonds is 2. The van der Waals surface area contributed by atoms with Crippen LogP contribution in [0.1, 0.15) is 52.9 Å². The molecule has 0 aromatic carbocycles. The van der Waals surface area contributed by atoms with Crippen LogP contribution in [0.2, 0.25) is 0 Å².